The van der Waals surface area contributed by atoms with E-state index in [0.29, 0.717) is 17.6 Å². The van der Waals surface area contributed by atoms with Crippen molar-refractivity contribution in [2.24, 2.45) is 0 Å². The molecule has 0 amide bonds. The molecule has 0 radical (unpaired) electrons. The van der Waals surface area contributed by atoms with Gasteiger partial charge in [-0.25, -0.2) is 4.79 Å². The molecule has 0 saturated carbocycles. The third-order valence-corrected chi connectivity index (χ3v) is 2.55. The number of rotatable bonds is 5. The van der Waals surface area contributed by atoms with Gasteiger partial charge in [0.1, 0.15) is 0 Å². The lowest BCUT2D eigenvalue weighted by molar-refractivity contribution is 0.666. The molecule has 0 aliphatic carbocycles. The van der Waals surface area contributed by atoms with Crippen LogP contribution >= 0.6 is 15.9 Å². The molecule has 0 aliphatic rings. The van der Waals surface area contributed by atoms with E-state index in [9.17, 15) is 9.59 Å². The van der Waals surface area contributed by atoms with Crippen LogP contribution in [-0.4, -0.2) is 22.6 Å². The highest BCUT2D eigenvalue weighted by Gasteiger charge is 2.03. The van der Waals surface area contributed by atoms with Crippen LogP contribution in [-0.2, 0) is 6.54 Å². The first-order chi connectivity index (χ1) is 7.54. The van der Waals surface area contributed by atoms with Crippen molar-refractivity contribution < 1.29 is 0 Å². The highest BCUT2D eigenvalue weighted by atomic mass is 79.9. The largest absolute Gasteiger partial charge is 0.328 e. The van der Waals surface area contributed by atoms with Crippen LogP contribution < -0.4 is 16.6 Å². The van der Waals surface area contributed by atoms with Crippen LogP contribution in [0.2, 0.25) is 0 Å². The zero-order valence-electron chi connectivity index (χ0n) is 9.05. The van der Waals surface area contributed by atoms with E-state index in [-0.39, 0.29) is 0 Å². The molecule has 6 heteroatoms. The number of H-pyrrole nitrogens is 1. The number of nitrogens with zero attached hydrogens (tertiary/aromatic N) is 1. The van der Waals surface area contributed by atoms with E-state index in [1.807, 2.05) is 6.92 Å². The Balaban J connectivity index is 2.82. The lowest BCUT2D eigenvalue weighted by Crippen LogP contribution is -2.31. The van der Waals surface area contributed by atoms with Crippen molar-refractivity contribution in [2.45, 2.75) is 13.5 Å². The third kappa shape index (κ3) is 3.46. The fourth-order valence-corrected chi connectivity index (χ4v) is 1.55. The Kier molecular flexibility index (Phi) is 4.70. The predicted octanol–water partition coefficient (Wildman–Crippen LogP) is 0.465. The minimum atomic E-state index is -0.425. The highest BCUT2D eigenvalue weighted by Crippen LogP contribution is 2.00. The van der Waals surface area contributed by atoms with Gasteiger partial charge in [0, 0.05) is 19.3 Å². The summed E-state index contributed by atoms with van der Waals surface area (Å²) in [6, 6.07) is 0. The molecule has 1 rings (SSSR count). The molecule has 1 aromatic rings. The van der Waals surface area contributed by atoms with Gasteiger partial charge < -0.3 is 5.32 Å². The number of hydrogen-bond donors (Lipinski definition) is 2. The number of likely N-dealkylation sites (N-methyl/N-ethyl adjacent to an activating group) is 1. The SMILES string of the molecule is C=C(CNCC)Cn1cc(Br)c(=O)[nH]c1=O. The maximum Gasteiger partial charge on any atom is 0.328 e. The quantitative estimate of drug-likeness (QED) is 0.774. The minimum Gasteiger partial charge on any atom is -0.313 e. The summed E-state index contributed by atoms with van der Waals surface area (Å²) >= 11 is 3.07. The van der Waals surface area contributed by atoms with Gasteiger partial charge in [0.2, 0.25) is 0 Å². The summed E-state index contributed by atoms with van der Waals surface area (Å²) in [4.78, 5) is 24.7. The average Bonchev–Trinajstić information content (AvgIpc) is 2.23. The molecule has 0 aliphatic heterocycles. The van der Waals surface area contributed by atoms with Crippen molar-refractivity contribution in [3.63, 3.8) is 0 Å². The molecule has 1 heterocycles. The number of aromatic nitrogens is 2. The molecule has 0 spiro atoms. The van der Waals surface area contributed by atoms with Gasteiger partial charge in [0.25, 0.3) is 5.56 Å². The lowest BCUT2D eigenvalue weighted by Gasteiger charge is -2.08. The Morgan fingerprint density at radius 1 is 1.62 bits per heavy atom. The first-order valence-corrected chi connectivity index (χ1v) is 5.70. The van der Waals surface area contributed by atoms with E-state index in [0.717, 1.165) is 12.1 Å². The van der Waals surface area contributed by atoms with Crippen LogP contribution in [0.1, 0.15) is 6.92 Å². The maximum atomic E-state index is 11.4. The highest BCUT2D eigenvalue weighted by molar-refractivity contribution is 9.10. The van der Waals surface area contributed by atoms with Crippen LogP contribution in [0, 0.1) is 0 Å². The smallest absolute Gasteiger partial charge is 0.313 e. The normalized spacial score (nSPS) is 10.4. The predicted molar refractivity (Wildman–Crippen MR) is 66.7 cm³/mol. The second-order valence-corrected chi connectivity index (χ2v) is 4.25. The van der Waals surface area contributed by atoms with Crippen molar-refractivity contribution in [1.29, 1.82) is 0 Å². The van der Waals surface area contributed by atoms with Crippen molar-refractivity contribution in [1.82, 2.24) is 14.9 Å². The third-order valence-electron chi connectivity index (χ3n) is 1.99. The minimum absolute atomic E-state index is 0.336. The van der Waals surface area contributed by atoms with Gasteiger partial charge in [-0.05, 0) is 28.0 Å². The second-order valence-electron chi connectivity index (χ2n) is 3.39. The summed E-state index contributed by atoms with van der Waals surface area (Å²) in [5, 5.41) is 3.12. The molecule has 0 saturated heterocycles. The summed E-state index contributed by atoms with van der Waals surface area (Å²) in [5.41, 5.74) is 0.0345. The summed E-state index contributed by atoms with van der Waals surface area (Å²) in [7, 11) is 0. The Morgan fingerprint density at radius 3 is 2.94 bits per heavy atom. The molecule has 0 bridgehead atoms. The van der Waals surface area contributed by atoms with Gasteiger partial charge in [-0.3, -0.25) is 14.3 Å². The maximum absolute atomic E-state index is 11.4. The topological polar surface area (TPSA) is 66.9 Å². The van der Waals surface area contributed by atoms with E-state index < -0.39 is 11.2 Å². The Bertz CT molecular complexity index is 490. The molecule has 5 nitrogen and oxygen atoms in total. The first-order valence-electron chi connectivity index (χ1n) is 4.91. The fourth-order valence-electron chi connectivity index (χ4n) is 1.20. The molecule has 0 aromatic carbocycles. The van der Waals surface area contributed by atoms with E-state index in [1.54, 1.807) is 0 Å². The molecule has 88 valence electrons. The Hall–Kier alpha value is -1.14. The lowest BCUT2D eigenvalue weighted by atomic mass is 10.3. The van der Waals surface area contributed by atoms with Crippen LogP contribution in [0.5, 0.6) is 0 Å². The molecule has 1 aromatic heterocycles. The molecule has 0 fully saturated rings. The second kappa shape index (κ2) is 5.81. The molecular formula is C10H14BrN3O2. The van der Waals surface area contributed by atoms with Crippen molar-refractivity contribution in [2.75, 3.05) is 13.1 Å². The van der Waals surface area contributed by atoms with Crippen LogP contribution in [0.15, 0.2) is 32.4 Å². The zero-order chi connectivity index (χ0) is 12.1. The monoisotopic (exact) mass is 287 g/mol. The van der Waals surface area contributed by atoms with Crippen molar-refractivity contribution in [3.8, 4) is 0 Å². The van der Waals surface area contributed by atoms with E-state index in [2.05, 4.69) is 32.8 Å². The van der Waals surface area contributed by atoms with Gasteiger partial charge in [0.05, 0.1) is 4.47 Å². The van der Waals surface area contributed by atoms with Crippen molar-refractivity contribution >= 4 is 15.9 Å². The number of aromatic amines is 1. The fraction of sp³-hybridized carbons (Fsp3) is 0.400. The Labute approximate surface area is 101 Å². The molecule has 2 N–H and O–H groups in total. The van der Waals surface area contributed by atoms with Gasteiger partial charge in [0.15, 0.2) is 0 Å². The van der Waals surface area contributed by atoms with Gasteiger partial charge in [-0.1, -0.05) is 13.5 Å². The standard InChI is InChI=1S/C10H14BrN3O2/c1-3-12-4-7(2)5-14-6-8(11)9(15)13-10(14)16/h6,12H,2-5H2,1H3,(H,13,15,16). The van der Waals surface area contributed by atoms with Gasteiger partial charge in [-0.15, -0.1) is 0 Å². The first kappa shape index (κ1) is 12.9. The molecular weight excluding hydrogens is 274 g/mol. The molecule has 16 heavy (non-hydrogen) atoms. The van der Waals surface area contributed by atoms with Crippen LogP contribution in [0.3, 0.4) is 0 Å². The Morgan fingerprint density at radius 2 is 2.31 bits per heavy atom. The van der Waals surface area contributed by atoms with Crippen LogP contribution in [0.4, 0.5) is 0 Å². The van der Waals surface area contributed by atoms with Gasteiger partial charge >= 0.3 is 5.69 Å². The van der Waals surface area contributed by atoms with Gasteiger partial charge in [-0.2, -0.15) is 0 Å². The van der Waals surface area contributed by atoms with E-state index in [4.69, 9.17) is 0 Å². The average molecular weight is 288 g/mol. The summed E-state index contributed by atoms with van der Waals surface area (Å²) in [5.74, 6) is 0. The summed E-state index contributed by atoms with van der Waals surface area (Å²) in [6.07, 6.45) is 1.47. The number of halogens is 1. The molecule has 0 unspecified atom stereocenters. The van der Waals surface area contributed by atoms with Crippen molar-refractivity contribution in [3.05, 3.63) is 43.7 Å². The van der Waals surface area contributed by atoms with E-state index >= 15 is 0 Å². The number of hydrogen-bond acceptors (Lipinski definition) is 3. The van der Waals surface area contributed by atoms with E-state index in [1.165, 1.54) is 10.8 Å². The summed E-state index contributed by atoms with van der Waals surface area (Å²) < 4.78 is 1.74. The summed E-state index contributed by atoms with van der Waals surface area (Å²) in [6.45, 7) is 7.74. The number of nitrogens with one attached hydrogen (secondary N) is 2. The molecule has 0 atom stereocenters. The zero-order valence-corrected chi connectivity index (χ0v) is 10.6. The van der Waals surface area contributed by atoms with Crippen LogP contribution in [0.25, 0.3) is 0 Å².